The molecule has 1 aromatic carbocycles. The molecule has 0 atom stereocenters. The SMILES string of the molecule is CS(=O)(=O)c1ccc(CCCN)cc1S(C)(=O)=O. The summed E-state index contributed by atoms with van der Waals surface area (Å²) < 4.78 is 46.4. The molecule has 0 bridgehead atoms. The maximum Gasteiger partial charge on any atom is 0.176 e. The lowest BCUT2D eigenvalue weighted by molar-refractivity contribution is 0.588. The van der Waals surface area contributed by atoms with E-state index >= 15 is 0 Å². The summed E-state index contributed by atoms with van der Waals surface area (Å²) in [6, 6.07) is 4.39. The highest BCUT2D eigenvalue weighted by molar-refractivity contribution is 7.93. The van der Waals surface area contributed by atoms with Crippen LogP contribution in [-0.4, -0.2) is 35.9 Å². The quantitative estimate of drug-likeness (QED) is 0.846. The zero-order valence-electron chi connectivity index (χ0n) is 10.4. The summed E-state index contributed by atoms with van der Waals surface area (Å²) in [5, 5.41) is 0. The number of hydrogen-bond acceptors (Lipinski definition) is 5. The molecule has 102 valence electrons. The van der Waals surface area contributed by atoms with Crippen molar-refractivity contribution in [1.82, 2.24) is 0 Å². The average Bonchev–Trinajstić information content (AvgIpc) is 2.23. The Bertz CT molecular complexity index is 633. The first kappa shape index (κ1) is 15.1. The zero-order chi connectivity index (χ0) is 14.0. The van der Waals surface area contributed by atoms with Crippen molar-refractivity contribution in [2.45, 2.75) is 22.6 Å². The molecule has 2 N–H and O–H groups in total. The summed E-state index contributed by atoms with van der Waals surface area (Å²) in [4.78, 5) is -0.291. The molecular weight excluding hydrogens is 274 g/mol. The molecule has 5 nitrogen and oxygen atoms in total. The van der Waals surface area contributed by atoms with Gasteiger partial charge in [0.25, 0.3) is 0 Å². The smallest absolute Gasteiger partial charge is 0.176 e. The molecule has 0 radical (unpaired) electrons. The van der Waals surface area contributed by atoms with Gasteiger partial charge in [-0.15, -0.1) is 0 Å². The largest absolute Gasteiger partial charge is 0.330 e. The van der Waals surface area contributed by atoms with E-state index in [9.17, 15) is 16.8 Å². The van der Waals surface area contributed by atoms with Crippen molar-refractivity contribution in [3.8, 4) is 0 Å². The third-order valence-electron chi connectivity index (χ3n) is 2.48. The van der Waals surface area contributed by atoms with E-state index in [-0.39, 0.29) is 9.79 Å². The van der Waals surface area contributed by atoms with Crippen LogP contribution in [0.4, 0.5) is 0 Å². The number of hydrogen-bond donors (Lipinski definition) is 1. The molecular formula is C11H17NO4S2. The predicted octanol–water partition coefficient (Wildman–Crippen LogP) is 0.385. The molecule has 0 aliphatic carbocycles. The van der Waals surface area contributed by atoms with E-state index in [2.05, 4.69) is 0 Å². The fraction of sp³-hybridized carbons (Fsp3) is 0.455. The molecule has 0 saturated carbocycles. The maximum atomic E-state index is 11.6. The molecule has 0 aliphatic rings. The molecule has 0 aromatic heterocycles. The van der Waals surface area contributed by atoms with Gasteiger partial charge in [-0.2, -0.15) is 0 Å². The van der Waals surface area contributed by atoms with Crippen molar-refractivity contribution in [3.63, 3.8) is 0 Å². The van der Waals surface area contributed by atoms with E-state index < -0.39 is 19.7 Å². The topological polar surface area (TPSA) is 94.3 Å². The summed E-state index contributed by atoms with van der Waals surface area (Å²) in [6.45, 7) is 0.502. The van der Waals surface area contributed by atoms with Crippen molar-refractivity contribution >= 4 is 19.7 Å². The van der Waals surface area contributed by atoms with Crippen molar-refractivity contribution in [2.24, 2.45) is 5.73 Å². The molecule has 1 aromatic rings. The lowest BCUT2D eigenvalue weighted by atomic mass is 10.1. The van der Waals surface area contributed by atoms with Gasteiger partial charge in [0, 0.05) is 12.5 Å². The Morgan fingerprint density at radius 2 is 1.56 bits per heavy atom. The summed E-state index contributed by atoms with van der Waals surface area (Å²) in [6.07, 6.45) is 3.35. The minimum Gasteiger partial charge on any atom is -0.330 e. The summed E-state index contributed by atoms with van der Waals surface area (Å²) in [7, 11) is -7.13. The van der Waals surface area contributed by atoms with Crippen molar-refractivity contribution < 1.29 is 16.8 Å². The minimum absolute atomic E-state index is 0.139. The summed E-state index contributed by atoms with van der Waals surface area (Å²) >= 11 is 0. The van der Waals surface area contributed by atoms with Gasteiger partial charge >= 0.3 is 0 Å². The Hall–Kier alpha value is -0.920. The number of nitrogens with two attached hydrogens (primary N) is 1. The van der Waals surface area contributed by atoms with E-state index in [0.29, 0.717) is 13.0 Å². The highest BCUT2D eigenvalue weighted by atomic mass is 32.2. The summed E-state index contributed by atoms with van der Waals surface area (Å²) in [5.41, 5.74) is 6.16. The van der Waals surface area contributed by atoms with Crippen LogP contribution in [0, 0.1) is 0 Å². The first-order valence-electron chi connectivity index (χ1n) is 5.39. The molecule has 7 heteroatoms. The second-order valence-electron chi connectivity index (χ2n) is 4.22. The fourth-order valence-corrected chi connectivity index (χ4v) is 4.06. The number of rotatable bonds is 5. The monoisotopic (exact) mass is 291 g/mol. The van der Waals surface area contributed by atoms with Gasteiger partial charge in [-0.25, -0.2) is 16.8 Å². The van der Waals surface area contributed by atoms with Crippen molar-refractivity contribution in [1.29, 1.82) is 0 Å². The maximum absolute atomic E-state index is 11.6. The standard InChI is InChI=1S/C11H17NO4S2/c1-17(13,14)10-6-5-9(4-3-7-12)8-11(10)18(2,15)16/h5-6,8H,3-4,7,12H2,1-2H3. The van der Waals surface area contributed by atoms with Crippen molar-refractivity contribution in [2.75, 3.05) is 19.1 Å². The van der Waals surface area contributed by atoms with E-state index in [0.717, 1.165) is 24.5 Å². The highest BCUT2D eigenvalue weighted by Gasteiger charge is 2.20. The molecule has 0 unspecified atom stereocenters. The van der Waals surface area contributed by atoms with Gasteiger partial charge in [-0.3, -0.25) is 0 Å². The average molecular weight is 291 g/mol. The normalized spacial score (nSPS) is 12.6. The van der Waals surface area contributed by atoms with Crippen LogP contribution < -0.4 is 5.73 Å². The predicted molar refractivity (Wildman–Crippen MR) is 70.0 cm³/mol. The van der Waals surface area contributed by atoms with E-state index in [1.807, 2.05) is 0 Å². The molecule has 0 saturated heterocycles. The van der Waals surface area contributed by atoms with E-state index in [1.165, 1.54) is 12.1 Å². The fourth-order valence-electron chi connectivity index (χ4n) is 1.61. The third-order valence-corrected chi connectivity index (χ3v) is 4.90. The Kier molecular flexibility index (Phi) is 4.52. The van der Waals surface area contributed by atoms with E-state index in [4.69, 9.17) is 5.73 Å². The Balaban J connectivity index is 3.40. The summed E-state index contributed by atoms with van der Waals surface area (Å²) in [5.74, 6) is 0. The Labute approximate surface area is 108 Å². The van der Waals surface area contributed by atoms with Crippen molar-refractivity contribution in [3.05, 3.63) is 23.8 Å². The van der Waals surface area contributed by atoms with Gasteiger partial charge in [0.2, 0.25) is 0 Å². The van der Waals surface area contributed by atoms with Gasteiger partial charge in [-0.1, -0.05) is 6.07 Å². The first-order valence-corrected chi connectivity index (χ1v) is 9.17. The van der Waals surface area contributed by atoms with Gasteiger partial charge in [0.1, 0.15) is 0 Å². The first-order chi connectivity index (χ1) is 8.16. The number of benzene rings is 1. The molecule has 0 spiro atoms. The van der Waals surface area contributed by atoms with Crippen LogP contribution in [0.5, 0.6) is 0 Å². The van der Waals surface area contributed by atoms with Crippen LogP contribution in [0.2, 0.25) is 0 Å². The molecule has 0 aliphatic heterocycles. The van der Waals surface area contributed by atoms with E-state index in [1.54, 1.807) is 6.07 Å². The Morgan fingerprint density at radius 1 is 1.00 bits per heavy atom. The molecule has 0 fully saturated rings. The van der Waals surface area contributed by atoms with Crippen LogP contribution in [-0.2, 0) is 26.1 Å². The molecule has 0 amide bonds. The molecule has 0 heterocycles. The van der Waals surface area contributed by atoms with Gasteiger partial charge in [-0.05, 0) is 37.1 Å². The molecule has 1 rings (SSSR count). The van der Waals surface area contributed by atoms with Crippen LogP contribution in [0.25, 0.3) is 0 Å². The van der Waals surface area contributed by atoms with Crippen LogP contribution in [0.15, 0.2) is 28.0 Å². The highest BCUT2D eigenvalue weighted by Crippen LogP contribution is 2.23. The van der Waals surface area contributed by atoms with Crippen LogP contribution >= 0.6 is 0 Å². The third kappa shape index (κ3) is 3.79. The van der Waals surface area contributed by atoms with Gasteiger partial charge in [0.15, 0.2) is 19.7 Å². The number of aryl methyl sites for hydroxylation is 1. The number of sulfone groups is 2. The minimum atomic E-state index is -3.57. The van der Waals surface area contributed by atoms with Crippen LogP contribution in [0.1, 0.15) is 12.0 Å². The second-order valence-corrected chi connectivity index (χ2v) is 8.19. The lowest BCUT2D eigenvalue weighted by Gasteiger charge is -2.09. The van der Waals surface area contributed by atoms with Gasteiger partial charge < -0.3 is 5.73 Å². The Morgan fingerprint density at radius 3 is 2.00 bits per heavy atom. The zero-order valence-corrected chi connectivity index (χ0v) is 12.0. The lowest BCUT2D eigenvalue weighted by Crippen LogP contribution is -2.08. The second kappa shape index (κ2) is 5.38. The molecule has 18 heavy (non-hydrogen) atoms. The van der Waals surface area contributed by atoms with Gasteiger partial charge in [0.05, 0.1) is 9.79 Å². The van der Waals surface area contributed by atoms with Crippen LogP contribution in [0.3, 0.4) is 0 Å².